The van der Waals surface area contributed by atoms with Crippen molar-refractivity contribution in [2.45, 2.75) is 25.9 Å². The Balaban J connectivity index is 0.777. The Morgan fingerprint density at radius 2 is 0.902 bits per heavy atom. The Kier molecular flexibility index (Phi) is 10.2. The summed E-state index contributed by atoms with van der Waals surface area (Å²) >= 11 is 0. The third-order valence-electron chi connectivity index (χ3n) is 17.3. The minimum Gasteiger partial charge on any atom is -0.482 e. The minimum absolute atomic E-state index is 0.0636. The van der Waals surface area contributed by atoms with E-state index in [1.807, 2.05) is 6.07 Å². The summed E-state index contributed by atoms with van der Waals surface area (Å²) in [6.45, 7) is 4.30. The van der Waals surface area contributed by atoms with Gasteiger partial charge in [-0.25, -0.2) is 0 Å². The first-order chi connectivity index (χ1) is 40.5. The quantitative estimate of drug-likeness (QED) is 0.151. The average molecular weight is 1060 g/mol. The second kappa shape index (κ2) is 18.0. The van der Waals surface area contributed by atoms with E-state index in [1.165, 1.54) is 5.56 Å². The molecule has 0 bridgehead atoms. The summed E-state index contributed by atoms with van der Waals surface area (Å²) < 4.78 is 28.1. The van der Waals surface area contributed by atoms with Crippen LogP contribution in [0.5, 0.6) is 5.75 Å². The summed E-state index contributed by atoms with van der Waals surface area (Å²) in [7, 11) is 0. The highest BCUT2D eigenvalue weighted by molar-refractivity contribution is 6.29. The summed E-state index contributed by atoms with van der Waals surface area (Å²) in [5, 5.41) is 10.8. The minimum atomic E-state index is -0.223. The number of hydrogen-bond donors (Lipinski definition) is 0. The van der Waals surface area contributed by atoms with Crippen molar-refractivity contribution in [3.05, 3.63) is 277 Å². The number of ether oxygens (including phenoxy) is 1. The van der Waals surface area contributed by atoms with E-state index >= 15 is 0 Å². The summed E-state index contributed by atoms with van der Waals surface area (Å²) in [5.41, 5.74) is 19.1. The maximum Gasteiger partial charge on any atom is 0.159 e. The smallest absolute Gasteiger partial charge is 0.159 e. The van der Waals surface area contributed by atoms with E-state index in [0.29, 0.717) is 0 Å². The number of hydrogen-bond acceptors (Lipinski definition) is 6. The highest BCUT2D eigenvalue weighted by Crippen LogP contribution is 2.52. The number of furan rings is 3. The summed E-state index contributed by atoms with van der Waals surface area (Å²) in [5.74, 6) is 1.01. The van der Waals surface area contributed by atoms with Gasteiger partial charge < -0.3 is 27.8 Å². The van der Waals surface area contributed by atoms with Crippen LogP contribution in [0.15, 0.2) is 274 Å². The standard InChI is InChI=1S/C76H50N2O4/c1-45-46(2)72-70(64-42-50-36-38-56(40-52(50)44-68(64)80-72)78(54-25-13-6-14-26-54)66-34-18-32-62-60-30-16-28-58(74(60)82-76(62)66)48-21-9-4-10-22-48)69-63-41-49-35-37-55(39-51(49)43-67(63)79-71(45)69)77(53-23-11-5-12-24-53)65-33-17-31-61-59-29-15-27-57(73(59)81-75(61)65)47-19-7-3-8-20-47/h3-44,61,75H,1-2H3. The van der Waals surface area contributed by atoms with E-state index in [4.69, 9.17) is 18.0 Å². The number of allylic oxidation sites excluding steroid dienone is 2. The molecule has 0 fully saturated rings. The van der Waals surface area contributed by atoms with Gasteiger partial charge in [-0.3, -0.25) is 0 Å². The Morgan fingerprint density at radius 3 is 1.52 bits per heavy atom. The molecule has 0 saturated carbocycles. The van der Waals surface area contributed by atoms with Gasteiger partial charge in [-0.1, -0.05) is 170 Å². The van der Waals surface area contributed by atoms with Gasteiger partial charge in [0.05, 0.1) is 11.4 Å². The monoisotopic (exact) mass is 1050 g/mol. The van der Waals surface area contributed by atoms with Crippen LogP contribution in [-0.2, 0) is 0 Å². The molecule has 2 unspecified atom stereocenters. The summed E-state index contributed by atoms with van der Waals surface area (Å²) in [6.07, 6.45) is 6.47. The van der Waals surface area contributed by atoms with Crippen molar-refractivity contribution in [2.75, 3.05) is 9.80 Å². The van der Waals surface area contributed by atoms with E-state index in [2.05, 4.69) is 272 Å². The number of aryl methyl sites for hydroxylation is 2. The van der Waals surface area contributed by atoms with Gasteiger partial charge in [0.1, 0.15) is 39.8 Å². The number of para-hydroxylation sites is 5. The Hall–Kier alpha value is -10.6. The SMILES string of the molecule is Cc1c(C)c2oc3cc4cc(N(c5ccccc5)c5cccc6c5oc5c(-c7ccccc7)cccc56)ccc4cc3c2c2c1oc1cc3cc(N(C4=CC=CC5c6cccc(-c7ccccc7)c6OC45)c4ccccc4)ccc3cc12. The Morgan fingerprint density at radius 1 is 0.378 bits per heavy atom. The first-order valence-corrected chi connectivity index (χ1v) is 28.1. The Bertz CT molecular complexity index is 5170. The normalized spacial score (nSPS) is 14.8. The van der Waals surface area contributed by atoms with Crippen molar-refractivity contribution in [2.24, 2.45) is 0 Å². The van der Waals surface area contributed by atoms with Crippen molar-refractivity contribution in [1.82, 2.24) is 0 Å². The van der Waals surface area contributed by atoms with Crippen LogP contribution >= 0.6 is 0 Å². The fourth-order valence-electron chi connectivity index (χ4n) is 13.3. The lowest BCUT2D eigenvalue weighted by atomic mass is 9.88. The molecule has 3 aromatic heterocycles. The maximum absolute atomic E-state index is 7.11. The molecule has 12 aromatic carbocycles. The number of fused-ring (bicyclic) bond motifs is 15. The van der Waals surface area contributed by atoms with Gasteiger partial charge in [-0.15, -0.1) is 0 Å². The molecule has 6 heteroatoms. The molecule has 0 spiro atoms. The van der Waals surface area contributed by atoms with Gasteiger partial charge in [0.2, 0.25) is 0 Å². The maximum atomic E-state index is 7.11. The molecule has 0 saturated heterocycles. The number of rotatable bonds is 8. The molecule has 1 aliphatic carbocycles. The van der Waals surface area contributed by atoms with E-state index in [0.717, 1.165) is 161 Å². The molecule has 2 aliphatic rings. The third-order valence-corrected chi connectivity index (χ3v) is 17.3. The zero-order chi connectivity index (χ0) is 54.2. The van der Waals surface area contributed by atoms with E-state index in [-0.39, 0.29) is 12.0 Å². The predicted octanol–water partition coefficient (Wildman–Crippen LogP) is 21.2. The van der Waals surface area contributed by atoms with E-state index < -0.39 is 0 Å². The molecular weight excluding hydrogens is 1000 g/mol. The number of nitrogens with zero attached hydrogens (tertiary/aromatic N) is 2. The Labute approximate surface area is 472 Å². The largest absolute Gasteiger partial charge is 0.482 e. The predicted molar refractivity (Wildman–Crippen MR) is 338 cm³/mol. The molecular formula is C76H50N2O4. The molecule has 82 heavy (non-hydrogen) atoms. The van der Waals surface area contributed by atoms with Crippen molar-refractivity contribution < 1.29 is 18.0 Å². The van der Waals surface area contributed by atoms with Crippen LogP contribution < -0.4 is 14.5 Å². The van der Waals surface area contributed by atoms with Crippen molar-refractivity contribution in [3.8, 4) is 28.0 Å². The molecule has 0 N–H and O–H groups in total. The van der Waals surface area contributed by atoms with E-state index in [1.54, 1.807) is 0 Å². The zero-order valence-electron chi connectivity index (χ0n) is 44.9. The van der Waals surface area contributed by atoms with Crippen LogP contribution in [0, 0.1) is 13.8 Å². The molecule has 6 nitrogen and oxygen atoms in total. The average Bonchev–Trinajstić information content (AvgIpc) is 4.50. The molecule has 17 rings (SSSR count). The molecule has 2 atom stereocenters. The fraction of sp³-hybridized carbons (Fsp3) is 0.0526. The lowest BCUT2D eigenvalue weighted by Gasteiger charge is -2.34. The van der Waals surface area contributed by atoms with Gasteiger partial charge in [0.15, 0.2) is 5.58 Å². The van der Waals surface area contributed by atoms with Gasteiger partial charge in [-0.05, 0) is 143 Å². The van der Waals surface area contributed by atoms with Crippen LogP contribution in [0.1, 0.15) is 22.6 Å². The second-order valence-corrected chi connectivity index (χ2v) is 21.9. The third kappa shape index (κ3) is 7.01. The molecule has 4 heterocycles. The first kappa shape index (κ1) is 46.4. The van der Waals surface area contributed by atoms with Crippen LogP contribution in [0.2, 0.25) is 0 Å². The lowest BCUT2D eigenvalue weighted by Crippen LogP contribution is -2.32. The van der Waals surface area contributed by atoms with Crippen LogP contribution in [0.25, 0.3) is 110 Å². The zero-order valence-corrected chi connectivity index (χ0v) is 44.9. The number of benzene rings is 12. The van der Waals surface area contributed by atoms with Crippen molar-refractivity contribution in [1.29, 1.82) is 0 Å². The second-order valence-electron chi connectivity index (χ2n) is 21.9. The highest BCUT2D eigenvalue weighted by atomic mass is 16.5. The van der Waals surface area contributed by atoms with Crippen molar-refractivity contribution in [3.63, 3.8) is 0 Å². The topological polar surface area (TPSA) is 55.1 Å². The molecule has 0 radical (unpaired) electrons. The van der Waals surface area contributed by atoms with Gasteiger partial charge in [0, 0.05) is 77.7 Å². The lowest BCUT2D eigenvalue weighted by molar-refractivity contribution is 0.254. The molecule has 388 valence electrons. The number of anilines is 5. The van der Waals surface area contributed by atoms with E-state index in [9.17, 15) is 0 Å². The highest BCUT2D eigenvalue weighted by Gasteiger charge is 2.41. The van der Waals surface area contributed by atoms with Crippen LogP contribution in [-0.4, -0.2) is 6.10 Å². The fourth-order valence-corrected chi connectivity index (χ4v) is 13.3. The molecule has 0 amide bonds. The molecule has 1 aliphatic heterocycles. The first-order valence-electron chi connectivity index (χ1n) is 28.1. The summed E-state index contributed by atoms with van der Waals surface area (Å²) in [6, 6.07) is 84.2. The van der Waals surface area contributed by atoms with Gasteiger partial charge in [-0.2, -0.15) is 0 Å². The van der Waals surface area contributed by atoms with Gasteiger partial charge >= 0.3 is 0 Å². The van der Waals surface area contributed by atoms with Gasteiger partial charge in [0.25, 0.3) is 0 Å². The van der Waals surface area contributed by atoms with Crippen molar-refractivity contribution >= 4 is 116 Å². The summed E-state index contributed by atoms with van der Waals surface area (Å²) in [4.78, 5) is 4.67. The van der Waals surface area contributed by atoms with Crippen LogP contribution in [0.4, 0.5) is 28.4 Å². The van der Waals surface area contributed by atoms with Crippen LogP contribution in [0.3, 0.4) is 0 Å². The molecule has 15 aromatic rings.